The molecule has 0 fully saturated rings. The molecule has 2 N–H and O–H groups in total. The number of carboxylic acids is 1. The molecule has 1 rings (SSSR count). The molecule has 4 heteroatoms. The summed E-state index contributed by atoms with van der Waals surface area (Å²) in [6.07, 6.45) is 5.05. The minimum absolute atomic E-state index is 0.157. The third-order valence-electron chi connectivity index (χ3n) is 1.59. The molecule has 0 saturated heterocycles. The van der Waals surface area contributed by atoms with E-state index in [9.17, 15) is 4.79 Å². The fourth-order valence-electron chi connectivity index (χ4n) is 0.995. The molecule has 0 aliphatic carbocycles. The first-order valence-corrected chi connectivity index (χ1v) is 4.23. The van der Waals surface area contributed by atoms with Gasteiger partial charge < -0.3 is 10.4 Å². The van der Waals surface area contributed by atoms with Crippen LogP contribution < -0.4 is 5.32 Å². The quantitative estimate of drug-likeness (QED) is 0.750. The lowest BCUT2D eigenvalue weighted by Gasteiger charge is -2.06. The van der Waals surface area contributed by atoms with Crippen LogP contribution in [0.3, 0.4) is 0 Å². The second kappa shape index (κ2) is 4.54. The molecule has 0 aliphatic rings. The molecule has 0 atom stereocenters. The van der Waals surface area contributed by atoms with Gasteiger partial charge in [0.2, 0.25) is 0 Å². The number of halogens is 1. The topological polar surface area (TPSA) is 49.3 Å². The van der Waals surface area contributed by atoms with Crippen LogP contribution in [-0.4, -0.2) is 17.6 Å². The van der Waals surface area contributed by atoms with E-state index in [0.29, 0.717) is 10.7 Å². The van der Waals surface area contributed by atoms with Gasteiger partial charge in [-0.3, -0.25) is 0 Å². The fourth-order valence-corrected chi connectivity index (χ4v) is 1.17. The van der Waals surface area contributed by atoms with Gasteiger partial charge in [0.1, 0.15) is 0 Å². The summed E-state index contributed by atoms with van der Waals surface area (Å²) in [4.78, 5) is 10.8. The minimum atomic E-state index is -1.01. The molecule has 0 bridgehead atoms. The second-order valence-electron chi connectivity index (χ2n) is 2.55. The van der Waals surface area contributed by atoms with Crippen LogP contribution in [-0.2, 0) is 0 Å². The van der Waals surface area contributed by atoms with E-state index in [2.05, 4.69) is 11.2 Å². The molecular weight excluding hydrogens is 202 g/mol. The minimum Gasteiger partial charge on any atom is -0.478 e. The van der Waals surface area contributed by atoms with Crippen molar-refractivity contribution in [3.63, 3.8) is 0 Å². The molecule has 0 aromatic heterocycles. The standard InChI is InChI=1S/C10H8ClNO2/c1-2-5-12-9-6-7(11)3-4-8(9)10(13)14/h1,3-4,6,12H,5H2,(H,13,14). The highest BCUT2D eigenvalue weighted by atomic mass is 35.5. The van der Waals surface area contributed by atoms with Crippen LogP contribution in [0.5, 0.6) is 0 Å². The number of hydrogen-bond acceptors (Lipinski definition) is 2. The van der Waals surface area contributed by atoms with Crippen LogP contribution >= 0.6 is 11.6 Å². The molecule has 72 valence electrons. The Morgan fingerprint density at radius 1 is 1.64 bits per heavy atom. The summed E-state index contributed by atoms with van der Waals surface area (Å²) in [5.41, 5.74) is 0.590. The lowest BCUT2D eigenvalue weighted by Crippen LogP contribution is -2.06. The highest BCUT2D eigenvalue weighted by Crippen LogP contribution is 2.20. The molecule has 0 saturated carbocycles. The molecule has 0 amide bonds. The van der Waals surface area contributed by atoms with Gasteiger partial charge in [0.15, 0.2) is 0 Å². The van der Waals surface area contributed by atoms with Crippen LogP contribution in [0.2, 0.25) is 5.02 Å². The first kappa shape index (κ1) is 10.4. The van der Waals surface area contributed by atoms with Gasteiger partial charge in [-0.15, -0.1) is 6.42 Å². The van der Waals surface area contributed by atoms with E-state index < -0.39 is 5.97 Å². The van der Waals surface area contributed by atoms with Gasteiger partial charge in [-0.2, -0.15) is 0 Å². The average Bonchev–Trinajstić information content (AvgIpc) is 2.14. The number of carboxylic acid groups (broad SMARTS) is 1. The number of aromatic carboxylic acids is 1. The van der Waals surface area contributed by atoms with E-state index in [1.807, 2.05) is 0 Å². The van der Waals surface area contributed by atoms with Crippen LogP contribution in [0.15, 0.2) is 18.2 Å². The van der Waals surface area contributed by atoms with Crippen LogP contribution in [0.25, 0.3) is 0 Å². The maximum atomic E-state index is 10.8. The Bertz CT molecular complexity index is 396. The molecule has 1 aromatic rings. The number of rotatable bonds is 3. The van der Waals surface area contributed by atoms with E-state index in [0.717, 1.165) is 0 Å². The van der Waals surface area contributed by atoms with Crippen molar-refractivity contribution in [2.45, 2.75) is 0 Å². The van der Waals surface area contributed by atoms with Crippen molar-refractivity contribution in [3.05, 3.63) is 28.8 Å². The summed E-state index contributed by atoms with van der Waals surface area (Å²) in [6.45, 7) is 0.265. The average molecular weight is 210 g/mol. The van der Waals surface area contributed by atoms with Crippen molar-refractivity contribution in [1.29, 1.82) is 0 Å². The predicted molar refractivity (Wildman–Crippen MR) is 55.7 cm³/mol. The van der Waals surface area contributed by atoms with Gasteiger partial charge in [0, 0.05) is 5.02 Å². The zero-order valence-corrected chi connectivity index (χ0v) is 8.01. The van der Waals surface area contributed by atoms with Gasteiger partial charge in [-0.05, 0) is 18.2 Å². The number of benzene rings is 1. The summed E-state index contributed by atoms with van der Waals surface area (Å²) >= 11 is 5.72. The lowest BCUT2D eigenvalue weighted by atomic mass is 10.2. The van der Waals surface area contributed by atoms with Gasteiger partial charge in [0.25, 0.3) is 0 Å². The summed E-state index contributed by atoms with van der Waals surface area (Å²) in [7, 11) is 0. The van der Waals surface area contributed by atoms with Crippen molar-refractivity contribution >= 4 is 23.3 Å². The Hall–Kier alpha value is -1.66. The van der Waals surface area contributed by atoms with Crippen molar-refractivity contribution in [1.82, 2.24) is 0 Å². The zero-order chi connectivity index (χ0) is 10.6. The lowest BCUT2D eigenvalue weighted by molar-refractivity contribution is 0.0698. The summed E-state index contributed by atoms with van der Waals surface area (Å²) in [5, 5.41) is 12.1. The number of terminal acetylenes is 1. The van der Waals surface area contributed by atoms with Gasteiger partial charge in [-0.1, -0.05) is 17.5 Å². The smallest absolute Gasteiger partial charge is 0.337 e. The Morgan fingerprint density at radius 2 is 2.36 bits per heavy atom. The number of anilines is 1. The molecule has 0 unspecified atom stereocenters. The summed E-state index contributed by atoms with van der Waals surface area (Å²) in [6, 6.07) is 4.48. The van der Waals surface area contributed by atoms with Crippen molar-refractivity contribution in [2.75, 3.05) is 11.9 Å². The number of carbonyl (C=O) groups is 1. The highest BCUT2D eigenvalue weighted by molar-refractivity contribution is 6.31. The van der Waals surface area contributed by atoms with Crippen molar-refractivity contribution in [3.8, 4) is 12.3 Å². The fraction of sp³-hybridized carbons (Fsp3) is 0.100. The van der Waals surface area contributed by atoms with E-state index in [4.69, 9.17) is 23.1 Å². The highest BCUT2D eigenvalue weighted by Gasteiger charge is 2.09. The molecule has 0 spiro atoms. The maximum absolute atomic E-state index is 10.8. The third kappa shape index (κ3) is 2.41. The Kier molecular flexibility index (Phi) is 3.38. The van der Waals surface area contributed by atoms with Gasteiger partial charge in [0.05, 0.1) is 17.8 Å². The Balaban J connectivity index is 3.04. The first-order valence-electron chi connectivity index (χ1n) is 3.85. The third-order valence-corrected chi connectivity index (χ3v) is 1.83. The Labute approximate surface area is 86.7 Å². The molecule has 0 heterocycles. The SMILES string of the molecule is C#CCNc1cc(Cl)ccc1C(=O)O. The van der Waals surface area contributed by atoms with Crippen LogP contribution in [0, 0.1) is 12.3 Å². The van der Waals surface area contributed by atoms with Gasteiger partial charge >= 0.3 is 5.97 Å². The maximum Gasteiger partial charge on any atom is 0.337 e. The van der Waals surface area contributed by atoms with E-state index >= 15 is 0 Å². The van der Waals surface area contributed by atoms with Crippen LogP contribution in [0.1, 0.15) is 10.4 Å². The van der Waals surface area contributed by atoms with E-state index in [-0.39, 0.29) is 12.1 Å². The predicted octanol–water partition coefficient (Wildman–Crippen LogP) is 2.08. The number of hydrogen-bond donors (Lipinski definition) is 2. The van der Waals surface area contributed by atoms with Crippen LogP contribution in [0.4, 0.5) is 5.69 Å². The normalized spacial score (nSPS) is 9.14. The summed E-state index contributed by atoms with van der Waals surface area (Å²) in [5.74, 6) is 1.34. The molecule has 14 heavy (non-hydrogen) atoms. The van der Waals surface area contributed by atoms with E-state index in [1.165, 1.54) is 18.2 Å². The molecule has 1 aromatic carbocycles. The zero-order valence-electron chi connectivity index (χ0n) is 7.25. The molecule has 0 aliphatic heterocycles. The van der Waals surface area contributed by atoms with Crippen molar-refractivity contribution < 1.29 is 9.90 Å². The summed E-state index contributed by atoms with van der Waals surface area (Å²) < 4.78 is 0. The molecular formula is C10H8ClNO2. The first-order chi connectivity index (χ1) is 6.65. The monoisotopic (exact) mass is 209 g/mol. The van der Waals surface area contributed by atoms with Gasteiger partial charge in [-0.25, -0.2) is 4.79 Å². The molecule has 0 radical (unpaired) electrons. The largest absolute Gasteiger partial charge is 0.478 e. The second-order valence-corrected chi connectivity index (χ2v) is 2.99. The Morgan fingerprint density at radius 3 is 2.93 bits per heavy atom. The molecule has 3 nitrogen and oxygen atoms in total. The number of nitrogens with one attached hydrogen (secondary N) is 1. The van der Waals surface area contributed by atoms with E-state index in [1.54, 1.807) is 0 Å². The van der Waals surface area contributed by atoms with Crippen molar-refractivity contribution in [2.24, 2.45) is 0 Å².